The first kappa shape index (κ1) is 18.2. The minimum absolute atomic E-state index is 0.0369. The summed E-state index contributed by atoms with van der Waals surface area (Å²) in [5, 5.41) is 0. The van der Waals surface area contributed by atoms with E-state index in [9.17, 15) is 13.6 Å². The monoisotopic (exact) mass is 355 g/mol. The average molecular weight is 355 g/mol. The molecule has 0 N–H and O–H groups in total. The highest BCUT2D eigenvalue weighted by Gasteiger charge is 2.36. The lowest BCUT2D eigenvalue weighted by Crippen LogP contribution is -2.55. The molecule has 3 heterocycles. The number of hydrogen-bond donors (Lipinski definition) is 0. The van der Waals surface area contributed by atoms with E-state index in [-0.39, 0.29) is 18.6 Å². The van der Waals surface area contributed by atoms with Gasteiger partial charge >= 0.3 is 0 Å². The number of morpholine rings is 1. The molecular weight excluding hydrogens is 332 g/mol. The fourth-order valence-electron chi connectivity index (χ4n) is 3.23. The zero-order valence-corrected chi connectivity index (χ0v) is 14.0. The second kappa shape index (κ2) is 8.64. The van der Waals surface area contributed by atoms with Crippen LogP contribution in [-0.4, -0.2) is 78.7 Å². The molecule has 2 saturated heterocycles. The molecule has 2 unspecified atom stereocenters. The summed E-state index contributed by atoms with van der Waals surface area (Å²) in [5.41, 5.74) is 1.03. The predicted molar refractivity (Wildman–Crippen MR) is 86.2 cm³/mol. The van der Waals surface area contributed by atoms with Gasteiger partial charge in [0.25, 0.3) is 6.43 Å². The van der Waals surface area contributed by atoms with Gasteiger partial charge in [-0.15, -0.1) is 0 Å². The van der Waals surface area contributed by atoms with Gasteiger partial charge in [-0.1, -0.05) is 0 Å². The number of amides is 1. The first-order valence-electron chi connectivity index (χ1n) is 8.52. The smallest absolute Gasteiger partial charge is 0.251 e. The van der Waals surface area contributed by atoms with Gasteiger partial charge < -0.3 is 14.4 Å². The van der Waals surface area contributed by atoms with E-state index >= 15 is 0 Å². The molecule has 25 heavy (non-hydrogen) atoms. The molecule has 2 aliphatic heterocycles. The third-order valence-electron chi connectivity index (χ3n) is 4.59. The van der Waals surface area contributed by atoms with Crippen LogP contribution in [0.15, 0.2) is 24.5 Å². The second-order valence-electron chi connectivity index (χ2n) is 6.34. The van der Waals surface area contributed by atoms with Crippen molar-refractivity contribution in [3.05, 3.63) is 30.1 Å². The van der Waals surface area contributed by atoms with Gasteiger partial charge in [-0.3, -0.25) is 14.7 Å². The molecule has 3 rings (SSSR count). The molecule has 8 heteroatoms. The number of rotatable bonds is 6. The number of carbonyl (C=O) groups excluding carboxylic acids is 1. The fraction of sp³-hybridized carbons (Fsp3) is 0.647. The first-order valence-corrected chi connectivity index (χ1v) is 8.52. The Morgan fingerprint density at radius 2 is 2.16 bits per heavy atom. The molecule has 2 aliphatic rings. The first-order chi connectivity index (χ1) is 12.1. The molecule has 0 spiro atoms. The number of pyridine rings is 1. The fourth-order valence-corrected chi connectivity index (χ4v) is 3.23. The maximum absolute atomic E-state index is 12.7. The molecule has 2 fully saturated rings. The third kappa shape index (κ3) is 4.93. The molecule has 138 valence electrons. The second-order valence-corrected chi connectivity index (χ2v) is 6.34. The highest BCUT2D eigenvalue weighted by atomic mass is 19.3. The summed E-state index contributed by atoms with van der Waals surface area (Å²) in [5.74, 6) is -0.143. The van der Waals surface area contributed by atoms with Gasteiger partial charge in [-0.05, 0) is 24.1 Å². The molecule has 0 radical (unpaired) electrons. The number of ether oxygens (including phenoxy) is 2. The summed E-state index contributed by atoms with van der Waals surface area (Å²) in [6, 6.07) is 3.15. The van der Waals surface area contributed by atoms with E-state index in [1.165, 1.54) is 4.90 Å². The Bertz CT molecular complexity index is 561. The Labute approximate surface area is 145 Å². The zero-order valence-electron chi connectivity index (χ0n) is 14.0. The van der Waals surface area contributed by atoms with Crippen LogP contribution in [0, 0.1) is 0 Å². The predicted octanol–water partition coefficient (Wildman–Crippen LogP) is 1.16. The van der Waals surface area contributed by atoms with Crippen molar-refractivity contribution < 1.29 is 23.0 Å². The maximum Gasteiger partial charge on any atom is 0.251 e. The van der Waals surface area contributed by atoms with Crippen LogP contribution in [0.3, 0.4) is 0 Å². The zero-order chi connectivity index (χ0) is 17.6. The molecule has 6 nitrogen and oxygen atoms in total. The molecule has 1 amide bonds. The van der Waals surface area contributed by atoms with Gasteiger partial charge in [0.1, 0.15) is 6.04 Å². The summed E-state index contributed by atoms with van der Waals surface area (Å²) in [7, 11) is 0. The number of alkyl halides is 2. The summed E-state index contributed by atoms with van der Waals surface area (Å²) in [6.07, 6.45) is 1.68. The SMILES string of the molecule is O=C(C1COCCN1CC(F)F)N1CCC(OCc2ccncc2)C1. The lowest BCUT2D eigenvalue weighted by Gasteiger charge is -2.36. The minimum Gasteiger partial charge on any atom is -0.378 e. The van der Waals surface area contributed by atoms with Gasteiger partial charge in [0, 0.05) is 32.0 Å². The van der Waals surface area contributed by atoms with Crippen LogP contribution < -0.4 is 0 Å². The van der Waals surface area contributed by atoms with Crippen LogP contribution in [0.4, 0.5) is 8.78 Å². The van der Waals surface area contributed by atoms with Gasteiger partial charge in [0.05, 0.1) is 32.5 Å². The quantitative estimate of drug-likeness (QED) is 0.767. The van der Waals surface area contributed by atoms with Crippen molar-refractivity contribution in [2.45, 2.75) is 31.6 Å². The van der Waals surface area contributed by atoms with E-state index in [4.69, 9.17) is 9.47 Å². The van der Waals surface area contributed by atoms with Crippen molar-refractivity contribution in [1.82, 2.24) is 14.8 Å². The van der Waals surface area contributed by atoms with Crippen molar-refractivity contribution >= 4 is 5.91 Å². The van der Waals surface area contributed by atoms with E-state index in [0.29, 0.717) is 32.8 Å². The van der Waals surface area contributed by atoms with E-state index in [1.54, 1.807) is 17.3 Å². The van der Waals surface area contributed by atoms with Crippen molar-refractivity contribution in [1.29, 1.82) is 0 Å². The number of hydrogen-bond acceptors (Lipinski definition) is 5. The van der Waals surface area contributed by atoms with Gasteiger partial charge in [0.15, 0.2) is 0 Å². The third-order valence-corrected chi connectivity index (χ3v) is 4.59. The lowest BCUT2D eigenvalue weighted by molar-refractivity contribution is -0.144. The van der Waals surface area contributed by atoms with Crippen molar-refractivity contribution in [2.24, 2.45) is 0 Å². The maximum atomic E-state index is 12.7. The molecule has 0 saturated carbocycles. The largest absolute Gasteiger partial charge is 0.378 e. The van der Waals surface area contributed by atoms with E-state index in [2.05, 4.69) is 4.98 Å². The average Bonchev–Trinajstić information content (AvgIpc) is 3.09. The van der Waals surface area contributed by atoms with E-state index < -0.39 is 19.0 Å². The van der Waals surface area contributed by atoms with Crippen LogP contribution in [0.1, 0.15) is 12.0 Å². The number of nitrogens with zero attached hydrogens (tertiary/aromatic N) is 3. The molecule has 1 aromatic heterocycles. The number of likely N-dealkylation sites (tertiary alicyclic amines) is 1. The normalized spacial score (nSPS) is 24.8. The Morgan fingerprint density at radius 1 is 1.36 bits per heavy atom. The summed E-state index contributed by atoms with van der Waals surface area (Å²) in [4.78, 5) is 19.9. The van der Waals surface area contributed by atoms with Crippen LogP contribution in [0.2, 0.25) is 0 Å². The molecule has 0 bridgehead atoms. The van der Waals surface area contributed by atoms with Crippen LogP contribution in [0.25, 0.3) is 0 Å². The van der Waals surface area contributed by atoms with Gasteiger partial charge in [-0.25, -0.2) is 8.78 Å². The Morgan fingerprint density at radius 3 is 2.92 bits per heavy atom. The highest BCUT2D eigenvalue weighted by Crippen LogP contribution is 2.19. The van der Waals surface area contributed by atoms with Crippen molar-refractivity contribution in [3.8, 4) is 0 Å². The van der Waals surface area contributed by atoms with Crippen LogP contribution >= 0.6 is 0 Å². The molecule has 2 atom stereocenters. The summed E-state index contributed by atoms with van der Waals surface area (Å²) < 4.78 is 36.6. The summed E-state index contributed by atoms with van der Waals surface area (Å²) in [6.45, 7) is 2.06. The molecular formula is C17H23F2N3O3. The van der Waals surface area contributed by atoms with Gasteiger partial charge in [-0.2, -0.15) is 0 Å². The van der Waals surface area contributed by atoms with Crippen LogP contribution in [-0.2, 0) is 20.9 Å². The molecule has 0 aromatic carbocycles. The Balaban J connectivity index is 1.51. The van der Waals surface area contributed by atoms with Gasteiger partial charge in [0.2, 0.25) is 5.91 Å². The van der Waals surface area contributed by atoms with Crippen LogP contribution in [0.5, 0.6) is 0 Å². The Hall–Kier alpha value is -1.64. The van der Waals surface area contributed by atoms with E-state index in [1.807, 2.05) is 12.1 Å². The molecule has 1 aromatic rings. The molecule has 0 aliphatic carbocycles. The highest BCUT2D eigenvalue weighted by molar-refractivity contribution is 5.82. The minimum atomic E-state index is -2.46. The standard InChI is InChI=1S/C17H23F2N3O3/c18-16(19)10-21-7-8-24-12-15(21)17(23)22-6-3-14(9-22)25-11-13-1-4-20-5-2-13/h1-2,4-5,14-16H,3,6-12H2. The number of carbonyl (C=O) groups is 1. The number of halogens is 2. The lowest BCUT2D eigenvalue weighted by atomic mass is 10.2. The number of aromatic nitrogens is 1. The van der Waals surface area contributed by atoms with Crippen molar-refractivity contribution in [2.75, 3.05) is 39.4 Å². The summed E-state index contributed by atoms with van der Waals surface area (Å²) >= 11 is 0. The Kier molecular flexibility index (Phi) is 6.28. The van der Waals surface area contributed by atoms with E-state index in [0.717, 1.165) is 12.0 Å². The topological polar surface area (TPSA) is 54.9 Å². The van der Waals surface area contributed by atoms with Crippen molar-refractivity contribution in [3.63, 3.8) is 0 Å².